The Kier molecular flexibility index (Phi) is 5.29. The van der Waals surface area contributed by atoms with Crippen LogP contribution < -0.4 is 5.32 Å². The van der Waals surface area contributed by atoms with Crippen molar-refractivity contribution in [1.82, 2.24) is 5.32 Å². The van der Waals surface area contributed by atoms with Gasteiger partial charge in [0.25, 0.3) is 5.91 Å². The zero-order chi connectivity index (χ0) is 12.1. The van der Waals surface area contributed by atoms with E-state index in [1.54, 1.807) is 0 Å². The van der Waals surface area contributed by atoms with Gasteiger partial charge in [0.1, 0.15) is 0 Å². The van der Waals surface area contributed by atoms with Crippen molar-refractivity contribution < 1.29 is 4.79 Å². The maximum Gasteiger partial charge on any atom is 0.251 e. The molecule has 2 nitrogen and oxygen atoms in total. The first-order valence-electron chi connectivity index (χ1n) is 5.18. The monoisotopic (exact) mass is 303 g/mol. The number of nitrogens with one attached hydrogen (secondary N) is 1. The van der Waals surface area contributed by atoms with Gasteiger partial charge in [-0.1, -0.05) is 15.9 Å². The van der Waals surface area contributed by atoms with Crippen molar-refractivity contribution in [1.29, 1.82) is 0 Å². The van der Waals surface area contributed by atoms with Crippen LogP contribution in [0.15, 0.2) is 22.7 Å². The Labute approximate surface area is 110 Å². The van der Waals surface area contributed by atoms with Gasteiger partial charge in [0.2, 0.25) is 0 Å². The maximum absolute atomic E-state index is 11.8. The van der Waals surface area contributed by atoms with Gasteiger partial charge < -0.3 is 5.32 Å². The summed E-state index contributed by atoms with van der Waals surface area (Å²) in [4.78, 5) is 11.8. The Bertz CT molecular complexity index is 359. The summed E-state index contributed by atoms with van der Waals surface area (Å²) in [5.74, 6) is -0.0540. The fourth-order valence-electron chi connectivity index (χ4n) is 1.35. The Morgan fingerprint density at radius 2 is 2.19 bits per heavy atom. The van der Waals surface area contributed by atoms with E-state index in [9.17, 15) is 4.79 Å². The molecule has 0 aliphatic carbocycles. The second-order valence-electron chi connectivity index (χ2n) is 3.84. The first kappa shape index (κ1) is 13.5. The standard InChI is InChI=1S/C12H15BrClNO/c1-8-5-10(7-11(13)6-8)12(16)15-4-3-9(2)14/h5-7,9H,3-4H2,1-2H3,(H,15,16). The number of hydrogen-bond donors (Lipinski definition) is 1. The predicted octanol–water partition coefficient (Wildman–Crippen LogP) is 3.50. The van der Waals surface area contributed by atoms with Crippen LogP contribution in [0.25, 0.3) is 0 Å². The zero-order valence-corrected chi connectivity index (χ0v) is 11.7. The van der Waals surface area contributed by atoms with E-state index in [-0.39, 0.29) is 11.3 Å². The average Bonchev–Trinajstić information content (AvgIpc) is 2.15. The van der Waals surface area contributed by atoms with Gasteiger partial charge in [-0.05, 0) is 44.0 Å². The highest BCUT2D eigenvalue weighted by Crippen LogP contribution is 2.15. The molecule has 1 unspecified atom stereocenters. The van der Waals surface area contributed by atoms with Crippen LogP contribution in [0.4, 0.5) is 0 Å². The minimum absolute atomic E-state index is 0.0540. The molecule has 4 heteroatoms. The van der Waals surface area contributed by atoms with Crippen LogP contribution >= 0.6 is 27.5 Å². The largest absolute Gasteiger partial charge is 0.352 e. The summed E-state index contributed by atoms with van der Waals surface area (Å²) in [6.45, 7) is 4.48. The molecular formula is C12H15BrClNO. The molecular weight excluding hydrogens is 289 g/mol. The third kappa shape index (κ3) is 4.54. The molecule has 16 heavy (non-hydrogen) atoms. The van der Waals surface area contributed by atoms with Crippen molar-refractivity contribution in [2.24, 2.45) is 0 Å². The smallest absolute Gasteiger partial charge is 0.251 e. The van der Waals surface area contributed by atoms with Crippen molar-refractivity contribution >= 4 is 33.4 Å². The normalized spacial score (nSPS) is 12.2. The quantitative estimate of drug-likeness (QED) is 0.848. The molecule has 88 valence electrons. The van der Waals surface area contributed by atoms with E-state index in [4.69, 9.17) is 11.6 Å². The number of rotatable bonds is 4. The van der Waals surface area contributed by atoms with Gasteiger partial charge in [0.05, 0.1) is 0 Å². The molecule has 0 saturated heterocycles. The van der Waals surface area contributed by atoms with Crippen molar-refractivity contribution in [3.8, 4) is 0 Å². The summed E-state index contributed by atoms with van der Waals surface area (Å²) in [6, 6.07) is 5.65. The molecule has 0 bridgehead atoms. The number of amides is 1. The number of hydrogen-bond acceptors (Lipinski definition) is 1. The first-order chi connectivity index (χ1) is 7.49. The van der Waals surface area contributed by atoms with Gasteiger partial charge >= 0.3 is 0 Å². The topological polar surface area (TPSA) is 29.1 Å². The van der Waals surface area contributed by atoms with Crippen LogP contribution in [0.3, 0.4) is 0 Å². The van der Waals surface area contributed by atoms with Crippen LogP contribution in [0, 0.1) is 6.92 Å². The van der Waals surface area contributed by atoms with Crippen LogP contribution in [0.1, 0.15) is 29.3 Å². The number of halogens is 2. The van der Waals surface area contributed by atoms with E-state index in [2.05, 4.69) is 21.2 Å². The molecule has 1 aromatic carbocycles. The Morgan fingerprint density at radius 3 is 2.75 bits per heavy atom. The van der Waals surface area contributed by atoms with Gasteiger partial charge in [0.15, 0.2) is 0 Å². The molecule has 1 amide bonds. The van der Waals surface area contributed by atoms with E-state index in [1.165, 1.54) is 0 Å². The summed E-state index contributed by atoms with van der Waals surface area (Å²) >= 11 is 9.17. The van der Waals surface area contributed by atoms with E-state index >= 15 is 0 Å². The number of carbonyl (C=O) groups is 1. The van der Waals surface area contributed by atoms with E-state index < -0.39 is 0 Å². The Morgan fingerprint density at radius 1 is 1.50 bits per heavy atom. The summed E-state index contributed by atoms with van der Waals surface area (Å²) in [5, 5.41) is 2.93. The van der Waals surface area contributed by atoms with Crippen LogP contribution in [0.2, 0.25) is 0 Å². The summed E-state index contributed by atoms with van der Waals surface area (Å²) in [5.41, 5.74) is 1.74. The number of aryl methyl sites for hydroxylation is 1. The second kappa shape index (κ2) is 6.26. The summed E-state index contributed by atoms with van der Waals surface area (Å²) < 4.78 is 0.920. The first-order valence-corrected chi connectivity index (χ1v) is 6.41. The lowest BCUT2D eigenvalue weighted by molar-refractivity contribution is 0.0953. The lowest BCUT2D eigenvalue weighted by atomic mass is 10.1. The summed E-state index contributed by atoms with van der Waals surface area (Å²) in [7, 11) is 0. The molecule has 0 aliphatic rings. The van der Waals surface area contributed by atoms with Crippen LogP contribution in [0.5, 0.6) is 0 Å². The zero-order valence-electron chi connectivity index (χ0n) is 9.39. The number of alkyl halides is 1. The van der Waals surface area contributed by atoms with Gasteiger partial charge in [-0.25, -0.2) is 0 Å². The van der Waals surface area contributed by atoms with Crippen molar-refractivity contribution in [3.63, 3.8) is 0 Å². The van der Waals surface area contributed by atoms with Crippen molar-refractivity contribution in [2.45, 2.75) is 25.6 Å². The number of carbonyl (C=O) groups excluding carboxylic acids is 1. The average molecular weight is 305 g/mol. The highest BCUT2D eigenvalue weighted by atomic mass is 79.9. The molecule has 0 radical (unpaired) electrons. The Balaban J connectivity index is 2.59. The van der Waals surface area contributed by atoms with E-state index in [0.717, 1.165) is 16.5 Å². The van der Waals surface area contributed by atoms with Crippen molar-refractivity contribution in [2.75, 3.05) is 6.54 Å². The van der Waals surface area contributed by atoms with Crippen LogP contribution in [-0.2, 0) is 0 Å². The highest BCUT2D eigenvalue weighted by molar-refractivity contribution is 9.10. The SMILES string of the molecule is Cc1cc(Br)cc(C(=O)NCCC(C)Cl)c1. The summed E-state index contributed by atoms with van der Waals surface area (Å²) in [6.07, 6.45) is 0.778. The van der Waals surface area contributed by atoms with Gasteiger partial charge in [-0.15, -0.1) is 11.6 Å². The van der Waals surface area contributed by atoms with E-state index in [1.807, 2.05) is 32.0 Å². The molecule has 0 saturated carbocycles. The molecule has 0 aliphatic heterocycles. The van der Waals surface area contributed by atoms with Gasteiger partial charge in [-0.3, -0.25) is 4.79 Å². The third-order valence-corrected chi connectivity index (χ3v) is 2.81. The molecule has 0 aromatic heterocycles. The minimum Gasteiger partial charge on any atom is -0.352 e. The maximum atomic E-state index is 11.8. The molecule has 1 rings (SSSR count). The fourth-order valence-corrected chi connectivity index (χ4v) is 2.07. The third-order valence-electron chi connectivity index (χ3n) is 2.13. The lowest BCUT2D eigenvalue weighted by Crippen LogP contribution is -2.25. The lowest BCUT2D eigenvalue weighted by Gasteiger charge is -2.07. The minimum atomic E-state index is -0.0540. The van der Waals surface area contributed by atoms with Gasteiger partial charge in [0, 0.05) is 22.0 Å². The highest BCUT2D eigenvalue weighted by Gasteiger charge is 2.06. The second-order valence-corrected chi connectivity index (χ2v) is 5.50. The molecule has 0 spiro atoms. The molecule has 0 heterocycles. The fraction of sp³-hybridized carbons (Fsp3) is 0.417. The van der Waals surface area contributed by atoms with Gasteiger partial charge in [-0.2, -0.15) is 0 Å². The number of benzene rings is 1. The molecule has 1 N–H and O–H groups in total. The Hall–Kier alpha value is -0.540. The predicted molar refractivity (Wildman–Crippen MR) is 71.1 cm³/mol. The van der Waals surface area contributed by atoms with Crippen molar-refractivity contribution in [3.05, 3.63) is 33.8 Å². The van der Waals surface area contributed by atoms with E-state index in [0.29, 0.717) is 12.1 Å². The van der Waals surface area contributed by atoms with Crippen LogP contribution in [-0.4, -0.2) is 17.8 Å². The molecule has 0 fully saturated rings. The molecule has 1 aromatic rings. The molecule has 1 atom stereocenters.